The Kier molecular flexibility index (Phi) is 5.08. The summed E-state index contributed by atoms with van der Waals surface area (Å²) in [6.45, 7) is 1.65. The Bertz CT molecular complexity index is 783. The van der Waals surface area contributed by atoms with Gasteiger partial charge in [-0.25, -0.2) is 0 Å². The summed E-state index contributed by atoms with van der Waals surface area (Å²) in [7, 11) is 0. The molecule has 6 nitrogen and oxygen atoms in total. The van der Waals surface area contributed by atoms with Crippen LogP contribution in [0.3, 0.4) is 0 Å². The van der Waals surface area contributed by atoms with E-state index >= 15 is 0 Å². The minimum atomic E-state index is -0.761. The molecule has 0 amide bonds. The van der Waals surface area contributed by atoms with E-state index in [1.165, 1.54) is 0 Å². The Morgan fingerprint density at radius 2 is 2.00 bits per heavy atom. The van der Waals surface area contributed by atoms with Gasteiger partial charge in [-0.2, -0.15) is 0 Å². The summed E-state index contributed by atoms with van der Waals surface area (Å²) >= 11 is 5.59. The van der Waals surface area contributed by atoms with E-state index in [-0.39, 0.29) is 17.6 Å². The maximum atomic E-state index is 11.5. The standard InChI is InChI=1S/C18H18ClNO5/c1-10-15(17(19)21)16(25-20-10)11-5-7-13(8-6-11)24-14-4-2-3-12(9-14)18(22)23/h5-8,12,14H,2-4,9H2,1H3,(H,22,23). The number of carboxylic acids is 1. The van der Waals surface area contributed by atoms with Crippen LogP contribution in [0.25, 0.3) is 11.3 Å². The molecule has 0 radical (unpaired) electrons. The smallest absolute Gasteiger partial charge is 0.306 e. The van der Waals surface area contributed by atoms with Crippen LogP contribution in [0.4, 0.5) is 0 Å². The molecule has 0 saturated heterocycles. The molecule has 0 spiro atoms. The van der Waals surface area contributed by atoms with Gasteiger partial charge in [0, 0.05) is 5.56 Å². The first-order chi connectivity index (χ1) is 12.0. The summed E-state index contributed by atoms with van der Waals surface area (Å²) in [5, 5.41) is 12.3. The fourth-order valence-corrected chi connectivity index (χ4v) is 3.37. The molecule has 1 saturated carbocycles. The Labute approximate surface area is 149 Å². The molecule has 2 aromatic rings. The van der Waals surface area contributed by atoms with Crippen molar-refractivity contribution in [2.24, 2.45) is 5.92 Å². The van der Waals surface area contributed by atoms with Crippen LogP contribution in [0.5, 0.6) is 5.75 Å². The Morgan fingerprint density at radius 1 is 1.28 bits per heavy atom. The van der Waals surface area contributed by atoms with E-state index < -0.39 is 11.2 Å². The maximum Gasteiger partial charge on any atom is 0.306 e. The number of aromatic nitrogens is 1. The molecule has 1 aromatic carbocycles. The molecular formula is C18H18ClNO5. The lowest BCUT2D eigenvalue weighted by Gasteiger charge is -2.27. The van der Waals surface area contributed by atoms with E-state index in [4.69, 9.17) is 26.0 Å². The van der Waals surface area contributed by atoms with E-state index in [1.807, 2.05) is 0 Å². The van der Waals surface area contributed by atoms with Crippen molar-refractivity contribution in [2.75, 3.05) is 0 Å². The van der Waals surface area contributed by atoms with E-state index in [1.54, 1.807) is 31.2 Å². The van der Waals surface area contributed by atoms with Gasteiger partial charge in [0.05, 0.1) is 17.7 Å². The van der Waals surface area contributed by atoms with Gasteiger partial charge in [0.25, 0.3) is 5.24 Å². The van der Waals surface area contributed by atoms with Crippen LogP contribution >= 0.6 is 11.6 Å². The van der Waals surface area contributed by atoms with E-state index in [0.717, 1.165) is 12.8 Å². The summed E-state index contributed by atoms with van der Waals surface area (Å²) in [5.41, 5.74) is 1.37. The predicted molar refractivity (Wildman–Crippen MR) is 90.9 cm³/mol. The zero-order valence-electron chi connectivity index (χ0n) is 13.7. The van der Waals surface area contributed by atoms with Crippen molar-refractivity contribution in [3.8, 4) is 17.1 Å². The third-order valence-electron chi connectivity index (χ3n) is 4.45. The summed E-state index contributed by atoms with van der Waals surface area (Å²) < 4.78 is 11.1. The normalized spacial score (nSPS) is 20.2. The highest BCUT2D eigenvalue weighted by atomic mass is 35.5. The van der Waals surface area contributed by atoms with Gasteiger partial charge in [0.1, 0.15) is 11.3 Å². The molecule has 1 aliphatic rings. The van der Waals surface area contributed by atoms with Gasteiger partial charge in [-0.15, -0.1) is 0 Å². The highest BCUT2D eigenvalue weighted by Gasteiger charge is 2.28. The van der Waals surface area contributed by atoms with Crippen LogP contribution in [-0.4, -0.2) is 27.6 Å². The number of rotatable bonds is 5. The van der Waals surface area contributed by atoms with Gasteiger partial charge in [0.15, 0.2) is 5.76 Å². The molecule has 2 unspecified atom stereocenters. The first-order valence-corrected chi connectivity index (χ1v) is 8.49. The van der Waals surface area contributed by atoms with Crippen molar-refractivity contribution in [3.63, 3.8) is 0 Å². The quantitative estimate of drug-likeness (QED) is 0.806. The Balaban J connectivity index is 1.73. The van der Waals surface area contributed by atoms with Crippen molar-refractivity contribution in [3.05, 3.63) is 35.5 Å². The summed E-state index contributed by atoms with van der Waals surface area (Å²) in [6.07, 6.45) is 2.81. The number of hydrogen-bond donors (Lipinski definition) is 1. The molecule has 1 fully saturated rings. The minimum Gasteiger partial charge on any atom is -0.490 e. The first kappa shape index (κ1) is 17.5. The highest BCUT2D eigenvalue weighted by molar-refractivity contribution is 6.68. The van der Waals surface area contributed by atoms with Gasteiger partial charge >= 0.3 is 5.97 Å². The van der Waals surface area contributed by atoms with Crippen LogP contribution in [0.2, 0.25) is 0 Å². The minimum absolute atomic E-state index is 0.104. The van der Waals surface area contributed by atoms with E-state index in [9.17, 15) is 9.59 Å². The van der Waals surface area contributed by atoms with Crippen molar-refractivity contribution in [2.45, 2.75) is 38.7 Å². The van der Waals surface area contributed by atoms with E-state index in [0.29, 0.717) is 35.6 Å². The fraction of sp³-hybridized carbons (Fsp3) is 0.389. The number of nitrogens with zero attached hydrogens (tertiary/aromatic N) is 1. The van der Waals surface area contributed by atoms with Crippen molar-refractivity contribution in [1.29, 1.82) is 0 Å². The summed E-state index contributed by atoms with van der Waals surface area (Å²) in [5.74, 6) is -0.127. The lowest BCUT2D eigenvalue weighted by molar-refractivity contribution is -0.143. The molecular weight excluding hydrogens is 346 g/mol. The topological polar surface area (TPSA) is 89.6 Å². The number of carboxylic acid groups (broad SMARTS) is 1. The number of hydrogen-bond acceptors (Lipinski definition) is 5. The fourth-order valence-electron chi connectivity index (χ4n) is 3.15. The van der Waals surface area contributed by atoms with Gasteiger partial charge in [0.2, 0.25) is 0 Å². The monoisotopic (exact) mass is 363 g/mol. The maximum absolute atomic E-state index is 11.5. The molecule has 1 aliphatic carbocycles. The largest absolute Gasteiger partial charge is 0.490 e. The molecule has 7 heteroatoms. The molecule has 0 bridgehead atoms. The number of halogens is 1. The van der Waals surface area contributed by atoms with Crippen molar-refractivity contribution in [1.82, 2.24) is 5.16 Å². The zero-order chi connectivity index (χ0) is 18.0. The average Bonchev–Trinajstić information content (AvgIpc) is 2.97. The van der Waals surface area contributed by atoms with Crippen molar-refractivity contribution >= 4 is 22.8 Å². The summed E-state index contributed by atoms with van der Waals surface area (Å²) in [6, 6.07) is 7.05. The third-order valence-corrected chi connectivity index (χ3v) is 4.64. The molecule has 25 heavy (non-hydrogen) atoms. The van der Waals surface area contributed by atoms with Gasteiger partial charge in [-0.1, -0.05) is 5.16 Å². The van der Waals surface area contributed by atoms with Crippen LogP contribution in [0, 0.1) is 12.8 Å². The van der Waals surface area contributed by atoms with Crippen LogP contribution in [-0.2, 0) is 4.79 Å². The lowest BCUT2D eigenvalue weighted by Crippen LogP contribution is -2.29. The average molecular weight is 364 g/mol. The summed E-state index contributed by atoms with van der Waals surface area (Å²) in [4.78, 5) is 22.7. The molecule has 1 N–H and O–H groups in total. The SMILES string of the molecule is Cc1noc(-c2ccc(OC3CCCC(C(=O)O)C3)cc2)c1C(=O)Cl. The Hall–Kier alpha value is -2.34. The predicted octanol–water partition coefficient (Wildman–Crippen LogP) is 4.05. The number of aliphatic carboxylic acids is 1. The van der Waals surface area contributed by atoms with Gasteiger partial charge in [-0.05, 0) is 68.5 Å². The van der Waals surface area contributed by atoms with Crippen LogP contribution in [0.15, 0.2) is 28.8 Å². The first-order valence-electron chi connectivity index (χ1n) is 8.11. The molecule has 0 aliphatic heterocycles. The number of ether oxygens (including phenoxy) is 1. The number of aryl methyl sites for hydroxylation is 1. The molecule has 2 atom stereocenters. The van der Waals surface area contributed by atoms with Crippen LogP contribution in [0.1, 0.15) is 41.7 Å². The number of carbonyl (C=O) groups is 2. The number of carbonyl (C=O) groups excluding carboxylic acids is 1. The molecule has 1 heterocycles. The van der Waals surface area contributed by atoms with Crippen LogP contribution < -0.4 is 4.74 Å². The second-order valence-corrected chi connectivity index (χ2v) is 6.56. The molecule has 1 aromatic heterocycles. The molecule has 132 valence electrons. The van der Waals surface area contributed by atoms with Gasteiger partial charge < -0.3 is 14.4 Å². The third kappa shape index (κ3) is 3.85. The zero-order valence-corrected chi connectivity index (χ0v) is 14.5. The van der Waals surface area contributed by atoms with Gasteiger partial charge in [-0.3, -0.25) is 9.59 Å². The Morgan fingerprint density at radius 3 is 2.64 bits per heavy atom. The second-order valence-electron chi connectivity index (χ2n) is 6.21. The number of benzene rings is 1. The lowest BCUT2D eigenvalue weighted by atomic mass is 9.87. The molecule has 3 rings (SSSR count). The second kappa shape index (κ2) is 7.27. The van der Waals surface area contributed by atoms with Crippen molar-refractivity contribution < 1.29 is 24.0 Å². The highest BCUT2D eigenvalue weighted by Crippen LogP contribution is 2.31. The van der Waals surface area contributed by atoms with E-state index in [2.05, 4.69) is 5.16 Å².